The highest BCUT2D eigenvalue weighted by atomic mass is 16.2. The Morgan fingerprint density at radius 3 is 2.92 bits per heavy atom. The van der Waals surface area contributed by atoms with Crippen molar-refractivity contribution in [1.29, 1.82) is 0 Å². The van der Waals surface area contributed by atoms with Gasteiger partial charge in [0.05, 0.1) is 11.9 Å². The van der Waals surface area contributed by atoms with Gasteiger partial charge in [-0.1, -0.05) is 0 Å². The van der Waals surface area contributed by atoms with Crippen molar-refractivity contribution >= 4 is 11.9 Å². The van der Waals surface area contributed by atoms with E-state index in [9.17, 15) is 9.59 Å². The Morgan fingerprint density at radius 1 is 1.44 bits per heavy atom. The van der Waals surface area contributed by atoms with E-state index < -0.39 is 0 Å². The van der Waals surface area contributed by atoms with Crippen molar-refractivity contribution in [1.82, 2.24) is 24.6 Å². The molecule has 1 aliphatic rings. The van der Waals surface area contributed by atoms with E-state index in [4.69, 9.17) is 0 Å². The monoisotopic (exact) mass is 344 g/mol. The standard InChI is InChI=1S/C17H24N6O2/c1-12-9-18-23(10-12)7-5-16(25)22-6-4-13(11-22)14-8-15(24)20-17(19-14)21(2)3/h8-10,13H,4-7,11H2,1-3H3,(H,19,20,24). The van der Waals surface area contributed by atoms with Crippen LogP contribution in [0.1, 0.15) is 30.0 Å². The van der Waals surface area contributed by atoms with Crippen molar-refractivity contribution < 1.29 is 4.79 Å². The number of hydrogen-bond acceptors (Lipinski definition) is 5. The molecule has 0 radical (unpaired) electrons. The largest absolute Gasteiger partial charge is 0.348 e. The van der Waals surface area contributed by atoms with Gasteiger partial charge in [-0.15, -0.1) is 0 Å². The van der Waals surface area contributed by atoms with Gasteiger partial charge in [-0.3, -0.25) is 19.3 Å². The Hall–Kier alpha value is -2.64. The second-order valence-electron chi connectivity index (χ2n) is 6.74. The number of nitrogens with one attached hydrogen (secondary N) is 1. The lowest BCUT2D eigenvalue weighted by Crippen LogP contribution is -2.29. The Kier molecular flexibility index (Phi) is 4.87. The van der Waals surface area contributed by atoms with E-state index in [0.717, 1.165) is 17.7 Å². The minimum absolute atomic E-state index is 0.108. The van der Waals surface area contributed by atoms with Gasteiger partial charge in [0.15, 0.2) is 0 Å². The molecule has 0 aliphatic carbocycles. The molecular formula is C17H24N6O2. The lowest BCUT2D eigenvalue weighted by Gasteiger charge is -2.17. The summed E-state index contributed by atoms with van der Waals surface area (Å²) in [6.45, 7) is 3.88. The predicted octanol–water partition coefficient (Wildman–Crippen LogP) is 0.747. The lowest BCUT2D eigenvalue weighted by atomic mass is 10.1. The Balaban J connectivity index is 1.61. The van der Waals surface area contributed by atoms with Crippen molar-refractivity contribution in [2.75, 3.05) is 32.1 Å². The molecule has 2 aromatic rings. The summed E-state index contributed by atoms with van der Waals surface area (Å²) >= 11 is 0. The molecule has 1 saturated heterocycles. The van der Waals surface area contributed by atoms with Crippen LogP contribution < -0.4 is 10.5 Å². The number of anilines is 1. The number of H-pyrrole nitrogens is 1. The first-order valence-electron chi connectivity index (χ1n) is 8.48. The fourth-order valence-electron chi connectivity index (χ4n) is 3.07. The number of aryl methyl sites for hydroxylation is 2. The average Bonchev–Trinajstić information content (AvgIpc) is 3.21. The van der Waals surface area contributed by atoms with E-state index in [1.165, 1.54) is 6.07 Å². The number of aromatic amines is 1. The maximum atomic E-state index is 12.4. The first-order valence-corrected chi connectivity index (χ1v) is 8.48. The van der Waals surface area contributed by atoms with E-state index in [0.29, 0.717) is 32.0 Å². The van der Waals surface area contributed by atoms with Crippen LogP contribution in [0, 0.1) is 6.92 Å². The van der Waals surface area contributed by atoms with Crippen LogP contribution >= 0.6 is 0 Å². The van der Waals surface area contributed by atoms with Crippen LogP contribution in [0.15, 0.2) is 23.3 Å². The number of rotatable bonds is 5. The number of likely N-dealkylation sites (tertiary alicyclic amines) is 1. The second-order valence-corrected chi connectivity index (χ2v) is 6.74. The SMILES string of the molecule is Cc1cnn(CCC(=O)N2CCC(c3cc(=O)[nH]c(N(C)C)n3)C2)c1. The van der Waals surface area contributed by atoms with E-state index >= 15 is 0 Å². The van der Waals surface area contributed by atoms with Gasteiger partial charge in [-0.2, -0.15) is 5.10 Å². The van der Waals surface area contributed by atoms with Crippen LogP contribution in [0.4, 0.5) is 5.95 Å². The molecule has 2 aromatic heterocycles. The molecule has 8 nitrogen and oxygen atoms in total. The zero-order chi connectivity index (χ0) is 18.0. The quantitative estimate of drug-likeness (QED) is 0.865. The summed E-state index contributed by atoms with van der Waals surface area (Å²) in [6.07, 6.45) is 4.98. The molecule has 1 fully saturated rings. The highest BCUT2D eigenvalue weighted by molar-refractivity contribution is 5.76. The number of nitrogens with zero attached hydrogens (tertiary/aromatic N) is 5. The molecule has 0 aromatic carbocycles. The van der Waals surface area contributed by atoms with Crippen molar-refractivity contribution in [2.24, 2.45) is 0 Å². The first-order chi connectivity index (χ1) is 11.9. The molecule has 1 atom stereocenters. The molecule has 134 valence electrons. The van der Waals surface area contributed by atoms with Gasteiger partial charge in [-0.25, -0.2) is 4.98 Å². The van der Waals surface area contributed by atoms with Gasteiger partial charge >= 0.3 is 0 Å². The van der Waals surface area contributed by atoms with Crippen LogP contribution in [-0.4, -0.2) is 57.7 Å². The Labute approximate surface area is 146 Å². The summed E-state index contributed by atoms with van der Waals surface area (Å²) in [5, 5.41) is 4.21. The van der Waals surface area contributed by atoms with Gasteiger partial charge in [-0.05, 0) is 18.9 Å². The summed E-state index contributed by atoms with van der Waals surface area (Å²) < 4.78 is 1.79. The number of carbonyl (C=O) groups excluding carboxylic acids is 1. The minimum atomic E-state index is -0.160. The third-order valence-electron chi connectivity index (χ3n) is 4.45. The van der Waals surface area contributed by atoms with Crippen LogP contribution in [0.3, 0.4) is 0 Å². The minimum Gasteiger partial charge on any atom is -0.348 e. The number of carbonyl (C=O) groups is 1. The van der Waals surface area contributed by atoms with E-state index in [2.05, 4.69) is 15.1 Å². The molecule has 0 saturated carbocycles. The molecule has 3 rings (SSSR count). The number of aromatic nitrogens is 4. The first kappa shape index (κ1) is 17.2. The predicted molar refractivity (Wildman–Crippen MR) is 94.7 cm³/mol. The summed E-state index contributed by atoms with van der Waals surface area (Å²) in [5.74, 6) is 0.770. The Bertz CT molecular complexity index is 809. The zero-order valence-corrected chi connectivity index (χ0v) is 14.9. The number of hydrogen-bond donors (Lipinski definition) is 1. The van der Waals surface area contributed by atoms with Crippen LogP contribution in [0.5, 0.6) is 0 Å². The third kappa shape index (κ3) is 4.07. The molecule has 8 heteroatoms. The van der Waals surface area contributed by atoms with E-state index in [1.54, 1.807) is 15.8 Å². The van der Waals surface area contributed by atoms with Gasteiger partial charge in [0.25, 0.3) is 5.56 Å². The van der Waals surface area contributed by atoms with Crippen molar-refractivity contribution in [3.05, 3.63) is 40.1 Å². The highest BCUT2D eigenvalue weighted by Gasteiger charge is 2.28. The lowest BCUT2D eigenvalue weighted by molar-refractivity contribution is -0.130. The third-order valence-corrected chi connectivity index (χ3v) is 4.45. The number of amides is 1. The zero-order valence-electron chi connectivity index (χ0n) is 14.9. The fourth-order valence-corrected chi connectivity index (χ4v) is 3.07. The maximum absolute atomic E-state index is 12.4. The fraction of sp³-hybridized carbons (Fsp3) is 0.529. The Morgan fingerprint density at radius 2 is 2.24 bits per heavy atom. The molecule has 1 amide bonds. The van der Waals surface area contributed by atoms with Crippen LogP contribution in [0.25, 0.3) is 0 Å². The molecule has 1 N–H and O–H groups in total. The van der Waals surface area contributed by atoms with E-state index in [-0.39, 0.29) is 17.4 Å². The second kappa shape index (κ2) is 7.08. The van der Waals surface area contributed by atoms with Gasteiger partial charge in [0.1, 0.15) is 0 Å². The molecule has 1 aliphatic heterocycles. The van der Waals surface area contributed by atoms with E-state index in [1.807, 2.05) is 32.1 Å². The average molecular weight is 344 g/mol. The molecule has 1 unspecified atom stereocenters. The molecule has 3 heterocycles. The van der Waals surface area contributed by atoms with Gasteiger partial charge < -0.3 is 9.80 Å². The maximum Gasteiger partial charge on any atom is 0.252 e. The molecule has 25 heavy (non-hydrogen) atoms. The van der Waals surface area contributed by atoms with Crippen molar-refractivity contribution in [3.63, 3.8) is 0 Å². The van der Waals surface area contributed by atoms with Gasteiger partial charge in [0.2, 0.25) is 11.9 Å². The smallest absolute Gasteiger partial charge is 0.252 e. The molecular weight excluding hydrogens is 320 g/mol. The summed E-state index contributed by atoms with van der Waals surface area (Å²) in [6, 6.07) is 1.54. The topological polar surface area (TPSA) is 87.1 Å². The normalized spacial score (nSPS) is 17.1. The summed E-state index contributed by atoms with van der Waals surface area (Å²) in [7, 11) is 3.67. The van der Waals surface area contributed by atoms with Crippen LogP contribution in [0.2, 0.25) is 0 Å². The highest BCUT2D eigenvalue weighted by Crippen LogP contribution is 2.26. The molecule has 0 spiro atoms. The summed E-state index contributed by atoms with van der Waals surface area (Å²) in [5.41, 5.74) is 1.68. The van der Waals surface area contributed by atoms with Crippen LogP contribution in [-0.2, 0) is 11.3 Å². The summed E-state index contributed by atoms with van der Waals surface area (Å²) in [4.78, 5) is 35.1. The van der Waals surface area contributed by atoms with Gasteiger partial charge in [0, 0.05) is 58.3 Å². The molecule has 0 bridgehead atoms. The van der Waals surface area contributed by atoms with Crippen molar-refractivity contribution in [3.8, 4) is 0 Å². The van der Waals surface area contributed by atoms with Crippen molar-refractivity contribution in [2.45, 2.75) is 32.2 Å².